The predicted octanol–water partition coefficient (Wildman–Crippen LogP) is 3.14. The second-order valence-electron chi connectivity index (χ2n) is 5.94. The molecule has 0 aliphatic heterocycles. The first-order valence-corrected chi connectivity index (χ1v) is 7.66. The Morgan fingerprint density at radius 3 is 2.62 bits per heavy atom. The molecule has 0 fully saturated rings. The smallest absolute Gasteiger partial charge is 0.129 e. The van der Waals surface area contributed by atoms with Crippen molar-refractivity contribution in [3.05, 3.63) is 59.8 Å². The third kappa shape index (κ3) is 3.08. The van der Waals surface area contributed by atoms with Crippen LogP contribution >= 0.6 is 0 Å². The van der Waals surface area contributed by atoms with E-state index in [0.717, 1.165) is 18.9 Å². The van der Waals surface area contributed by atoms with Crippen molar-refractivity contribution in [3.8, 4) is 0 Å². The number of benzene rings is 1. The Balaban J connectivity index is 1.89. The topological polar surface area (TPSA) is 19.4 Å². The maximum Gasteiger partial charge on any atom is 0.129 e. The van der Waals surface area contributed by atoms with Crippen LogP contribution in [0.4, 0.5) is 5.82 Å². The van der Waals surface area contributed by atoms with Gasteiger partial charge in [0.2, 0.25) is 0 Å². The molecule has 1 aliphatic rings. The van der Waals surface area contributed by atoms with Gasteiger partial charge in [0.05, 0.1) is 6.04 Å². The molecule has 3 nitrogen and oxygen atoms in total. The first-order chi connectivity index (χ1) is 10.3. The average molecular weight is 281 g/mol. The molecule has 1 aliphatic carbocycles. The van der Waals surface area contributed by atoms with Crippen LogP contribution in [0.2, 0.25) is 0 Å². The molecule has 1 heterocycles. The van der Waals surface area contributed by atoms with E-state index in [-0.39, 0.29) is 0 Å². The fourth-order valence-electron chi connectivity index (χ4n) is 3.12. The van der Waals surface area contributed by atoms with Crippen molar-refractivity contribution in [1.82, 2.24) is 9.88 Å². The highest BCUT2D eigenvalue weighted by Gasteiger charge is 2.28. The molecule has 1 aromatic heterocycles. The summed E-state index contributed by atoms with van der Waals surface area (Å²) in [4.78, 5) is 9.28. The Morgan fingerprint density at radius 1 is 1.05 bits per heavy atom. The molecule has 0 N–H and O–H groups in total. The number of likely N-dealkylation sites (N-methyl/N-ethyl adjacent to an activating group) is 1. The molecule has 1 unspecified atom stereocenters. The number of aromatic nitrogens is 1. The first kappa shape index (κ1) is 14.1. The molecule has 3 heteroatoms. The molecule has 2 aromatic rings. The van der Waals surface area contributed by atoms with E-state index in [1.807, 2.05) is 12.3 Å². The van der Waals surface area contributed by atoms with Crippen LogP contribution in [-0.4, -0.2) is 37.1 Å². The van der Waals surface area contributed by atoms with E-state index in [2.05, 4.69) is 65.3 Å². The first-order valence-electron chi connectivity index (χ1n) is 7.66. The SMILES string of the molecule is CN(C)CCN(c1ccccn1)C1CCc2ccccc21. The molecule has 1 atom stereocenters. The van der Waals surface area contributed by atoms with Gasteiger partial charge in [-0.25, -0.2) is 4.98 Å². The molecule has 0 spiro atoms. The van der Waals surface area contributed by atoms with Gasteiger partial charge < -0.3 is 9.80 Å². The molecule has 0 amide bonds. The van der Waals surface area contributed by atoms with E-state index in [9.17, 15) is 0 Å². The number of hydrogen-bond donors (Lipinski definition) is 0. The van der Waals surface area contributed by atoms with Crippen LogP contribution < -0.4 is 4.90 Å². The van der Waals surface area contributed by atoms with E-state index < -0.39 is 0 Å². The average Bonchev–Trinajstić information content (AvgIpc) is 2.93. The molecule has 21 heavy (non-hydrogen) atoms. The highest BCUT2D eigenvalue weighted by molar-refractivity contribution is 5.46. The summed E-state index contributed by atoms with van der Waals surface area (Å²) in [6, 6.07) is 15.5. The Hall–Kier alpha value is -1.87. The van der Waals surface area contributed by atoms with Gasteiger partial charge in [-0.05, 0) is 50.2 Å². The summed E-state index contributed by atoms with van der Waals surface area (Å²) >= 11 is 0. The quantitative estimate of drug-likeness (QED) is 0.839. The summed E-state index contributed by atoms with van der Waals surface area (Å²) in [7, 11) is 4.25. The molecule has 3 rings (SSSR count). The van der Waals surface area contributed by atoms with E-state index in [0.29, 0.717) is 6.04 Å². The molecule has 0 saturated carbocycles. The van der Waals surface area contributed by atoms with Gasteiger partial charge in [0.15, 0.2) is 0 Å². The van der Waals surface area contributed by atoms with E-state index >= 15 is 0 Å². The molecule has 110 valence electrons. The molecule has 0 bridgehead atoms. The van der Waals surface area contributed by atoms with Crippen LogP contribution in [0.25, 0.3) is 0 Å². The summed E-state index contributed by atoms with van der Waals surface area (Å²) in [5.74, 6) is 1.08. The van der Waals surface area contributed by atoms with Gasteiger partial charge in [0, 0.05) is 19.3 Å². The van der Waals surface area contributed by atoms with E-state index in [4.69, 9.17) is 0 Å². The van der Waals surface area contributed by atoms with Gasteiger partial charge in [-0.1, -0.05) is 30.3 Å². The maximum absolute atomic E-state index is 4.58. The Labute approximate surface area is 127 Å². The van der Waals surface area contributed by atoms with Gasteiger partial charge in [-0.2, -0.15) is 0 Å². The highest BCUT2D eigenvalue weighted by atomic mass is 15.2. The second kappa shape index (κ2) is 6.27. The summed E-state index contributed by atoms with van der Waals surface area (Å²) in [6.07, 6.45) is 4.24. The van der Waals surface area contributed by atoms with Crippen molar-refractivity contribution in [3.63, 3.8) is 0 Å². The lowest BCUT2D eigenvalue weighted by Crippen LogP contribution is -2.34. The lowest BCUT2D eigenvalue weighted by Gasteiger charge is -2.32. The van der Waals surface area contributed by atoms with E-state index in [1.54, 1.807) is 0 Å². The minimum atomic E-state index is 0.455. The Bertz CT molecular complexity index is 580. The van der Waals surface area contributed by atoms with Gasteiger partial charge >= 0.3 is 0 Å². The van der Waals surface area contributed by atoms with Crippen LogP contribution in [0.15, 0.2) is 48.7 Å². The number of hydrogen-bond acceptors (Lipinski definition) is 3. The van der Waals surface area contributed by atoms with Crippen molar-refractivity contribution < 1.29 is 0 Å². The normalized spacial score (nSPS) is 17.0. The molecular formula is C18H23N3. The van der Waals surface area contributed by atoms with Crippen LogP contribution in [-0.2, 0) is 6.42 Å². The zero-order valence-corrected chi connectivity index (χ0v) is 12.9. The number of pyridine rings is 1. The van der Waals surface area contributed by atoms with Crippen molar-refractivity contribution in [2.24, 2.45) is 0 Å². The standard InChI is InChI=1S/C18H23N3/c1-20(2)13-14-21(18-9-5-6-12-19-18)17-11-10-15-7-3-4-8-16(15)17/h3-9,12,17H,10-11,13-14H2,1-2H3. The third-order valence-corrected chi connectivity index (χ3v) is 4.21. The fraction of sp³-hybridized carbons (Fsp3) is 0.389. The third-order valence-electron chi connectivity index (χ3n) is 4.21. The zero-order valence-electron chi connectivity index (χ0n) is 12.9. The number of nitrogens with zero attached hydrogens (tertiary/aromatic N) is 3. The second-order valence-corrected chi connectivity index (χ2v) is 5.94. The fourth-order valence-corrected chi connectivity index (χ4v) is 3.12. The van der Waals surface area contributed by atoms with Crippen LogP contribution in [0.1, 0.15) is 23.6 Å². The molecule has 0 saturated heterocycles. The van der Waals surface area contributed by atoms with Crippen LogP contribution in [0.3, 0.4) is 0 Å². The number of aryl methyl sites for hydroxylation is 1. The van der Waals surface area contributed by atoms with Crippen molar-refractivity contribution in [1.29, 1.82) is 0 Å². The largest absolute Gasteiger partial charge is 0.348 e. The predicted molar refractivity (Wildman–Crippen MR) is 87.6 cm³/mol. The zero-order chi connectivity index (χ0) is 14.7. The number of anilines is 1. The van der Waals surface area contributed by atoms with Gasteiger partial charge in [-0.3, -0.25) is 0 Å². The summed E-state index contributed by atoms with van der Waals surface area (Å²) in [5.41, 5.74) is 2.97. The number of rotatable bonds is 5. The van der Waals surface area contributed by atoms with E-state index in [1.165, 1.54) is 24.0 Å². The van der Waals surface area contributed by atoms with Crippen molar-refractivity contribution >= 4 is 5.82 Å². The Kier molecular flexibility index (Phi) is 4.20. The van der Waals surface area contributed by atoms with Gasteiger partial charge in [0.25, 0.3) is 0 Å². The van der Waals surface area contributed by atoms with Gasteiger partial charge in [0.1, 0.15) is 5.82 Å². The number of fused-ring (bicyclic) bond motifs is 1. The Morgan fingerprint density at radius 2 is 1.86 bits per heavy atom. The minimum Gasteiger partial charge on any atom is -0.348 e. The minimum absolute atomic E-state index is 0.455. The summed E-state index contributed by atoms with van der Waals surface area (Å²) in [6.45, 7) is 2.04. The lowest BCUT2D eigenvalue weighted by atomic mass is 10.1. The molecule has 1 aromatic carbocycles. The highest BCUT2D eigenvalue weighted by Crippen LogP contribution is 2.37. The maximum atomic E-state index is 4.58. The van der Waals surface area contributed by atoms with Gasteiger partial charge in [-0.15, -0.1) is 0 Å². The molecular weight excluding hydrogens is 258 g/mol. The molecule has 0 radical (unpaired) electrons. The monoisotopic (exact) mass is 281 g/mol. The van der Waals surface area contributed by atoms with Crippen molar-refractivity contribution in [2.75, 3.05) is 32.1 Å². The lowest BCUT2D eigenvalue weighted by molar-refractivity contribution is 0.403. The van der Waals surface area contributed by atoms with Crippen LogP contribution in [0.5, 0.6) is 0 Å². The summed E-state index contributed by atoms with van der Waals surface area (Å²) in [5, 5.41) is 0. The van der Waals surface area contributed by atoms with Crippen molar-refractivity contribution in [2.45, 2.75) is 18.9 Å². The summed E-state index contributed by atoms with van der Waals surface area (Å²) < 4.78 is 0. The van der Waals surface area contributed by atoms with Crippen LogP contribution in [0, 0.1) is 0 Å².